The predicted molar refractivity (Wildman–Crippen MR) is 56.2 cm³/mol. The maximum atomic E-state index is 3.69. The molecular weight excluding hydrogens is 200 g/mol. The van der Waals surface area contributed by atoms with Crippen LogP contribution in [0.5, 0.6) is 0 Å². The van der Waals surface area contributed by atoms with Gasteiger partial charge in [0.05, 0.1) is 0 Å². The van der Waals surface area contributed by atoms with Gasteiger partial charge >= 0.3 is 0 Å². The number of alkyl halides is 1. The molecule has 1 unspecified atom stereocenters. The molecule has 1 heteroatoms. The molecule has 0 heterocycles. The van der Waals surface area contributed by atoms with Gasteiger partial charge in [-0.1, -0.05) is 34.2 Å². The largest absolute Gasteiger partial charge is 0.103 e. The lowest BCUT2D eigenvalue weighted by atomic mass is 10.1. The van der Waals surface area contributed by atoms with Crippen molar-refractivity contribution in [2.24, 2.45) is 0 Å². The average molecular weight is 217 g/mol. The maximum Gasteiger partial charge on any atom is 0.0151 e. The van der Waals surface area contributed by atoms with Crippen molar-refractivity contribution >= 4 is 15.9 Å². The number of rotatable bonds is 6. The van der Waals surface area contributed by atoms with Crippen LogP contribution < -0.4 is 0 Å². The van der Waals surface area contributed by atoms with Crippen molar-refractivity contribution in [3.05, 3.63) is 24.8 Å². The first-order valence-electron chi connectivity index (χ1n) is 4.17. The molecular formula is C10H17Br. The van der Waals surface area contributed by atoms with Crippen molar-refractivity contribution in [1.29, 1.82) is 0 Å². The molecule has 0 radical (unpaired) electrons. The molecule has 0 aliphatic rings. The quantitative estimate of drug-likeness (QED) is 0.464. The van der Waals surface area contributed by atoms with E-state index in [9.17, 15) is 0 Å². The normalized spacial score (nSPS) is 13.6. The lowest BCUT2D eigenvalue weighted by molar-refractivity contribution is 0.725. The first kappa shape index (κ1) is 11.0. The van der Waals surface area contributed by atoms with Gasteiger partial charge in [0, 0.05) is 4.83 Å². The molecule has 64 valence electrons. The minimum Gasteiger partial charge on any atom is -0.103 e. The van der Waals surface area contributed by atoms with Crippen LogP contribution in [0.2, 0.25) is 0 Å². The Morgan fingerprint density at radius 2 is 2.00 bits per heavy atom. The summed E-state index contributed by atoms with van der Waals surface area (Å²) in [6.45, 7) is 5.76. The molecule has 1 atom stereocenters. The van der Waals surface area contributed by atoms with Crippen LogP contribution in [0.15, 0.2) is 24.8 Å². The van der Waals surface area contributed by atoms with E-state index in [2.05, 4.69) is 41.6 Å². The van der Waals surface area contributed by atoms with Crippen LogP contribution in [-0.4, -0.2) is 4.83 Å². The third-order valence-corrected chi connectivity index (χ3v) is 2.48. The highest BCUT2D eigenvalue weighted by molar-refractivity contribution is 9.09. The van der Waals surface area contributed by atoms with E-state index >= 15 is 0 Å². The highest BCUT2D eigenvalue weighted by Gasteiger charge is 1.99. The molecule has 0 aliphatic heterocycles. The Bertz CT molecular complexity index is 116. The first-order valence-corrected chi connectivity index (χ1v) is 5.09. The van der Waals surface area contributed by atoms with Crippen molar-refractivity contribution in [2.45, 2.75) is 37.4 Å². The van der Waals surface area contributed by atoms with Gasteiger partial charge < -0.3 is 0 Å². The van der Waals surface area contributed by atoms with E-state index < -0.39 is 0 Å². The fourth-order valence-corrected chi connectivity index (χ4v) is 1.42. The van der Waals surface area contributed by atoms with Crippen LogP contribution in [0, 0.1) is 0 Å². The molecule has 0 amide bonds. The maximum absolute atomic E-state index is 3.69. The summed E-state index contributed by atoms with van der Waals surface area (Å²) in [7, 11) is 0. The van der Waals surface area contributed by atoms with Gasteiger partial charge in [0.25, 0.3) is 0 Å². The van der Waals surface area contributed by atoms with Crippen LogP contribution in [0.4, 0.5) is 0 Å². The lowest BCUT2D eigenvalue weighted by Crippen LogP contribution is -1.95. The Balaban J connectivity index is 3.21. The van der Waals surface area contributed by atoms with E-state index in [4.69, 9.17) is 0 Å². The Hall–Kier alpha value is -0.0400. The Morgan fingerprint density at radius 3 is 2.55 bits per heavy atom. The second-order valence-corrected chi connectivity index (χ2v) is 3.90. The van der Waals surface area contributed by atoms with E-state index in [0.717, 1.165) is 6.42 Å². The molecule has 0 aromatic rings. The summed E-state index contributed by atoms with van der Waals surface area (Å²) in [5.74, 6) is 0. The van der Waals surface area contributed by atoms with Gasteiger partial charge in [-0.05, 0) is 32.6 Å². The minimum atomic E-state index is 0.664. The van der Waals surface area contributed by atoms with E-state index in [-0.39, 0.29) is 0 Å². The van der Waals surface area contributed by atoms with Crippen molar-refractivity contribution in [3.8, 4) is 0 Å². The zero-order valence-electron chi connectivity index (χ0n) is 7.22. The van der Waals surface area contributed by atoms with Gasteiger partial charge in [-0.25, -0.2) is 0 Å². The van der Waals surface area contributed by atoms with Crippen molar-refractivity contribution in [1.82, 2.24) is 0 Å². The first-order chi connectivity index (χ1) is 5.31. The highest BCUT2D eigenvalue weighted by atomic mass is 79.9. The van der Waals surface area contributed by atoms with E-state index in [1.165, 1.54) is 19.3 Å². The molecule has 0 bridgehead atoms. The smallest absolute Gasteiger partial charge is 0.0151 e. The van der Waals surface area contributed by atoms with Gasteiger partial charge in [0.2, 0.25) is 0 Å². The monoisotopic (exact) mass is 216 g/mol. The van der Waals surface area contributed by atoms with Crippen molar-refractivity contribution in [2.75, 3.05) is 0 Å². The zero-order valence-corrected chi connectivity index (χ0v) is 8.81. The van der Waals surface area contributed by atoms with Crippen molar-refractivity contribution in [3.63, 3.8) is 0 Å². The Kier molecular flexibility index (Phi) is 8.03. The summed E-state index contributed by atoms with van der Waals surface area (Å²) in [6.07, 6.45) is 11.0. The molecule has 0 aromatic carbocycles. The van der Waals surface area contributed by atoms with Crippen LogP contribution in [0.1, 0.15) is 32.6 Å². The number of hydrogen-bond donors (Lipinski definition) is 0. The minimum absolute atomic E-state index is 0.664. The van der Waals surface area contributed by atoms with Crippen LogP contribution in [0.25, 0.3) is 0 Å². The van der Waals surface area contributed by atoms with Crippen LogP contribution in [0.3, 0.4) is 0 Å². The van der Waals surface area contributed by atoms with Crippen LogP contribution in [-0.2, 0) is 0 Å². The third kappa shape index (κ3) is 7.86. The summed E-state index contributed by atoms with van der Waals surface area (Å²) >= 11 is 3.63. The fraction of sp³-hybridized carbons (Fsp3) is 0.600. The molecule has 0 saturated carbocycles. The molecule has 0 fully saturated rings. The average Bonchev–Trinajstić information content (AvgIpc) is 2.01. The second-order valence-electron chi connectivity index (χ2n) is 2.61. The summed E-state index contributed by atoms with van der Waals surface area (Å²) < 4.78 is 0. The zero-order chi connectivity index (χ0) is 8.53. The summed E-state index contributed by atoms with van der Waals surface area (Å²) in [5.41, 5.74) is 0. The molecule has 0 saturated heterocycles. The summed E-state index contributed by atoms with van der Waals surface area (Å²) in [6, 6.07) is 0. The lowest BCUT2D eigenvalue weighted by Gasteiger charge is -2.04. The Morgan fingerprint density at radius 1 is 1.36 bits per heavy atom. The third-order valence-electron chi connectivity index (χ3n) is 1.57. The summed E-state index contributed by atoms with van der Waals surface area (Å²) in [4.78, 5) is 0.664. The molecule has 0 spiro atoms. The number of halogens is 1. The van der Waals surface area contributed by atoms with Gasteiger partial charge in [0.1, 0.15) is 0 Å². The topological polar surface area (TPSA) is 0 Å². The van der Waals surface area contributed by atoms with E-state index in [1.807, 2.05) is 6.08 Å². The fourth-order valence-electron chi connectivity index (χ4n) is 0.887. The van der Waals surface area contributed by atoms with Gasteiger partial charge in [-0.3, -0.25) is 0 Å². The predicted octanol–water partition coefficient (Wildman–Crippen LogP) is 4.07. The van der Waals surface area contributed by atoms with Gasteiger partial charge in [-0.2, -0.15) is 0 Å². The molecule has 0 aromatic heterocycles. The molecule has 0 N–H and O–H groups in total. The van der Waals surface area contributed by atoms with Crippen molar-refractivity contribution < 1.29 is 0 Å². The molecule has 0 aliphatic carbocycles. The molecule has 0 rings (SSSR count). The molecule has 11 heavy (non-hydrogen) atoms. The number of allylic oxidation sites excluding steroid dienone is 3. The SMILES string of the molecule is C=CCCC(Br)CCC=CC. The highest BCUT2D eigenvalue weighted by Crippen LogP contribution is 2.14. The van der Waals surface area contributed by atoms with Gasteiger partial charge in [-0.15, -0.1) is 6.58 Å². The summed E-state index contributed by atoms with van der Waals surface area (Å²) in [5, 5.41) is 0. The standard InChI is InChI=1S/C10H17Br/c1-3-5-7-9-10(11)8-6-4-2/h3-5,10H,2,6-9H2,1H3. The number of hydrogen-bond acceptors (Lipinski definition) is 0. The van der Waals surface area contributed by atoms with Crippen LogP contribution >= 0.6 is 15.9 Å². The Labute approximate surface area is 78.5 Å². The molecule has 0 nitrogen and oxygen atoms in total. The van der Waals surface area contributed by atoms with E-state index in [0.29, 0.717) is 4.83 Å². The van der Waals surface area contributed by atoms with E-state index in [1.54, 1.807) is 0 Å². The second kappa shape index (κ2) is 8.06. The van der Waals surface area contributed by atoms with Gasteiger partial charge in [0.15, 0.2) is 0 Å².